The number of nitrogens with zero attached hydrogens (tertiary/aromatic N) is 4. The summed E-state index contributed by atoms with van der Waals surface area (Å²) in [5, 5.41) is 6.19. The number of aromatic nitrogens is 1. The van der Waals surface area contributed by atoms with Crippen molar-refractivity contribution in [3.8, 4) is 0 Å². The minimum Gasteiger partial charge on any atom is -0.367 e. The third-order valence-corrected chi connectivity index (χ3v) is 7.79. The van der Waals surface area contributed by atoms with Crippen LogP contribution < -0.4 is 15.5 Å². The summed E-state index contributed by atoms with van der Waals surface area (Å²) in [5.41, 5.74) is 4.65. The predicted octanol–water partition coefficient (Wildman–Crippen LogP) is 5.75. The van der Waals surface area contributed by atoms with E-state index in [9.17, 15) is 9.59 Å². The van der Waals surface area contributed by atoms with Crippen LogP contribution in [0.3, 0.4) is 0 Å². The number of para-hydroxylation sites is 1. The molecule has 0 radical (unpaired) electrons. The number of hydrogen-bond acceptors (Lipinski definition) is 6. The molecule has 1 aromatic heterocycles. The van der Waals surface area contributed by atoms with Crippen LogP contribution in [-0.2, 0) is 0 Å². The summed E-state index contributed by atoms with van der Waals surface area (Å²) in [7, 11) is 2.04. The van der Waals surface area contributed by atoms with Crippen LogP contribution in [0, 0.1) is 6.92 Å². The molecule has 1 atom stereocenters. The predicted molar refractivity (Wildman–Crippen MR) is 152 cm³/mol. The Morgan fingerprint density at radius 1 is 1.11 bits per heavy atom. The van der Waals surface area contributed by atoms with Crippen molar-refractivity contribution >= 4 is 41.3 Å². The SMILES string of the molecule is C/C(=C\c1nccc(Sc2ccc(NC(=O)N3CCN(c4ccccc4)C3=O)cc2)c1C)C1NC=CN1C. The molecule has 38 heavy (non-hydrogen) atoms. The van der Waals surface area contributed by atoms with E-state index in [0.717, 1.165) is 26.7 Å². The smallest absolute Gasteiger partial charge is 0.332 e. The standard InChI is InChI=1S/C29H30N6O2S/c1-20(27-31-15-16-33(27)3)19-25-21(2)26(13-14-30-25)38-24-11-9-22(10-12-24)32-28(36)35-18-17-34(29(35)37)23-7-5-4-6-8-23/h4-16,19,27,31H,17-18H2,1-3H3,(H,32,36)/b20-19+. The summed E-state index contributed by atoms with van der Waals surface area (Å²) >= 11 is 1.65. The second-order valence-electron chi connectivity index (χ2n) is 9.24. The lowest BCUT2D eigenvalue weighted by Crippen LogP contribution is -2.39. The summed E-state index contributed by atoms with van der Waals surface area (Å²) in [6, 6.07) is 18.3. The summed E-state index contributed by atoms with van der Waals surface area (Å²) in [6.07, 6.45) is 8.05. The van der Waals surface area contributed by atoms with Gasteiger partial charge in [0.25, 0.3) is 0 Å². The number of pyridine rings is 1. The van der Waals surface area contributed by atoms with Crippen molar-refractivity contribution in [2.45, 2.75) is 29.8 Å². The number of carbonyl (C=O) groups is 2. The molecule has 0 spiro atoms. The Labute approximate surface area is 227 Å². The number of carbonyl (C=O) groups excluding carboxylic acids is 2. The Morgan fingerprint density at radius 2 is 1.87 bits per heavy atom. The molecule has 1 fully saturated rings. The molecular formula is C29H30N6O2S. The highest BCUT2D eigenvalue weighted by atomic mass is 32.2. The molecular weight excluding hydrogens is 496 g/mol. The summed E-state index contributed by atoms with van der Waals surface area (Å²) in [6.45, 7) is 5.00. The maximum Gasteiger partial charge on any atom is 0.332 e. The van der Waals surface area contributed by atoms with Crippen LogP contribution in [0.2, 0.25) is 0 Å². The first-order chi connectivity index (χ1) is 18.4. The lowest BCUT2D eigenvalue weighted by molar-refractivity contribution is 0.209. The zero-order valence-corrected chi connectivity index (χ0v) is 22.4. The molecule has 2 aliphatic heterocycles. The van der Waals surface area contributed by atoms with Gasteiger partial charge in [0.05, 0.1) is 12.2 Å². The number of likely N-dealkylation sites (N-methyl/N-ethyl adjacent to an activating group) is 1. The van der Waals surface area contributed by atoms with Gasteiger partial charge in [-0.2, -0.15) is 0 Å². The zero-order valence-electron chi connectivity index (χ0n) is 21.6. The van der Waals surface area contributed by atoms with Crippen molar-refractivity contribution in [1.29, 1.82) is 0 Å². The first-order valence-electron chi connectivity index (χ1n) is 12.4. The number of amides is 4. The van der Waals surface area contributed by atoms with Crippen molar-refractivity contribution in [1.82, 2.24) is 20.1 Å². The van der Waals surface area contributed by atoms with Gasteiger partial charge in [-0.3, -0.25) is 9.88 Å². The average Bonchev–Trinajstić information content (AvgIpc) is 3.53. The Balaban J connectivity index is 1.22. The Morgan fingerprint density at radius 3 is 2.58 bits per heavy atom. The van der Waals surface area contributed by atoms with Gasteiger partial charge in [0.1, 0.15) is 6.17 Å². The molecule has 3 heterocycles. The van der Waals surface area contributed by atoms with Gasteiger partial charge in [0.15, 0.2) is 0 Å². The molecule has 1 unspecified atom stereocenters. The third kappa shape index (κ3) is 5.38. The van der Waals surface area contributed by atoms with Crippen molar-refractivity contribution in [3.05, 3.63) is 96.1 Å². The van der Waals surface area contributed by atoms with E-state index in [0.29, 0.717) is 18.8 Å². The highest BCUT2D eigenvalue weighted by Gasteiger charge is 2.34. The van der Waals surface area contributed by atoms with Gasteiger partial charge < -0.3 is 15.5 Å². The lowest BCUT2D eigenvalue weighted by Gasteiger charge is -2.22. The van der Waals surface area contributed by atoms with E-state index >= 15 is 0 Å². The molecule has 8 nitrogen and oxygen atoms in total. The summed E-state index contributed by atoms with van der Waals surface area (Å²) < 4.78 is 0. The molecule has 1 saturated heterocycles. The Bertz CT molecular complexity index is 1390. The maximum atomic E-state index is 12.8. The second kappa shape index (κ2) is 11.0. The van der Waals surface area contributed by atoms with Crippen molar-refractivity contribution in [3.63, 3.8) is 0 Å². The van der Waals surface area contributed by atoms with Crippen molar-refractivity contribution in [2.24, 2.45) is 0 Å². The number of rotatable bonds is 6. The van der Waals surface area contributed by atoms with Crippen molar-refractivity contribution < 1.29 is 9.59 Å². The van der Waals surface area contributed by atoms with Gasteiger partial charge in [-0.05, 0) is 73.5 Å². The fraction of sp³-hybridized carbons (Fsp3) is 0.207. The molecule has 4 amide bonds. The third-order valence-electron chi connectivity index (χ3n) is 6.62. The minimum absolute atomic E-state index is 0.132. The van der Waals surface area contributed by atoms with E-state index in [4.69, 9.17) is 0 Å². The quantitative estimate of drug-likeness (QED) is 0.426. The van der Waals surface area contributed by atoms with Crippen LogP contribution >= 0.6 is 11.8 Å². The van der Waals surface area contributed by atoms with Crippen LogP contribution in [0.1, 0.15) is 18.2 Å². The van der Waals surface area contributed by atoms with E-state index in [1.807, 2.05) is 86.3 Å². The van der Waals surface area contributed by atoms with Gasteiger partial charge in [-0.1, -0.05) is 30.0 Å². The average molecular weight is 527 g/mol. The lowest BCUT2D eigenvalue weighted by atomic mass is 10.1. The van der Waals surface area contributed by atoms with Crippen LogP contribution in [0.4, 0.5) is 21.0 Å². The van der Waals surface area contributed by atoms with Gasteiger partial charge in [0.2, 0.25) is 0 Å². The highest BCUT2D eigenvalue weighted by molar-refractivity contribution is 7.99. The molecule has 0 bridgehead atoms. The van der Waals surface area contributed by atoms with Crippen LogP contribution in [0.15, 0.2) is 94.6 Å². The highest BCUT2D eigenvalue weighted by Crippen LogP contribution is 2.32. The van der Waals surface area contributed by atoms with E-state index in [2.05, 4.69) is 40.4 Å². The van der Waals surface area contributed by atoms with Crippen LogP contribution in [0.5, 0.6) is 0 Å². The molecule has 2 aliphatic rings. The summed E-state index contributed by atoms with van der Waals surface area (Å²) in [4.78, 5) is 37.3. The Kier molecular flexibility index (Phi) is 7.37. The van der Waals surface area contributed by atoms with Crippen molar-refractivity contribution in [2.75, 3.05) is 30.4 Å². The minimum atomic E-state index is -0.428. The molecule has 2 aromatic carbocycles. The van der Waals surface area contributed by atoms with E-state index in [1.165, 1.54) is 10.5 Å². The number of imide groups is 1. The first kappa shape index (κ1) is 25.4. The molecule has 0 aliphatic carbocycles. The number of hydrogen-bond donors (Lipinski definition) is 2. The van der Waals surface area contributed by atoms with Crippen LogP contribution in [0.25, 0.3) is 6.08 Å². The first-order valence-corrected chi connectivity index (χ1v) is 13.2. The topological polar surface area (TPSA) is 80.8 Å². The van der Waals surface area contributed by atoms with E-state index < -0.39 is 6.03 Å². The van der Waals surface area contributed by atoms with E-state index in [1.54, 1.807) is 16.7 Å². The molecule has 9 heteroatoms. The monoisotopic (exact) mass is 526 g/mol. The molecule has 0 saturated carbocycles. The fourth-order valence-corrected chi connectivity index (χ4v) is 5.40. The molecule has 2 N–H and O–H groups in total. The molecule has 3 aromatic rings. The number of urea groups is 2. The van der Waals surface area contributed by atoms with Gasteiger partial charge in [-0.15, -0.1) is 0 Å². The number of benzene rings is 2. The largest absolute Gasteiger partial charge is 0.367 e. The number of nitrogens with one attached hydrogen (secondary N) is 2. The maximum absolute atomic E-state index is 12.8. The van der Waals surface area contributed by atoms with Gasteiger partial charge >= 0.3 is 12.1 Å². The van der Waals surface area contributed by atoms with Crippen LogP contribution in [-0.4, -0.2) is 53.1 Å². The molecule has 194 valence electrons. The second-order valence-corrected chi connectivity index (χ2v) is 10.4. The summed E-state index contributed by atoms with van der Waals surface area (Å²) in [5.74, 6) is 0. The van der Waals surface area contributed by atoms with E-state index in [-0.39, 0.29) is 12.2 Å². The zero-order chi connectivity index (χ0) is 26.6. The van der Waals surface area contributed by atoms with Gasteiger partial charge in [0, 0.05) is 53.4 Å². The molecule has 5 rings (SSSR count). The Hall–Kier alpha value is -4.24. The van der Waals surface area contributed by atoms with Gasteiger partial charge in [-0.25, -0.2) is 14.5 Å². The fourth-order valence-electron chi connectivity index (χ4n) is 4.49. The normalized spacial score (nSPS) is 17.2. The number of anilines is 2.